The van der Waals surface area contributed by atoms with Crippen LogP contribution in [0.3, 0.4) is 0 Å². The number of hydrogen-bond acceptors (Lipinski definition) is 2. The van der Waals surface area contributed by atoms with Crippen molar-refractivity contribution in [2.24, 2.45) is 0 Å². The molecule has 1 rings (SSSR count). The van der Waals surface area contributed by atoms with Crippen LogP contribution in [0, 0.1) is 0 Å². The molecule has 1 atom stereocenters. The normalized spacial score (nSPS) is 12.9. The molecule has 84 valence electrons. The Morgan fingerprint density at radius 1 is 1.07 bits per heavy atom. The lowest BCUT2D eigenvalue weighted by atomic mass is 10.1. The van der Waals surface area contributed by atoms with Crippen molar-refractivity contribution in [3.63, 3.8) is 0 Å². The highest BCUT2D eigenvalue weighted by molar-refractivity contribution is 6.18. The molecule has 0 N–H and O–H groups in total. The summed E-state index contributed by atoms with van der Waals surface area (Å²) in [7, 11) is 8.18. The van der Waals surface area contributed by atoms with Gasteiger partial charge < -0.3 is 9.80 Å². The van der Waals surface area contributed by atoms with Crippen LogP contribution in [0.15, 0.2) is 24.3 Å². The molecule has 1 aromatic rings. The monoisotopic (exact) mass is 226 g/mol. The molecule has 0 bridgehead atoms. The first-order valence-electron chi connectivity index (χ1n) is 5.06. The fourth-order valence-corrected chi connectivity index (χ4v) is 1.97. The summed E-state index contributed by atoms with van der Waals surface area (Å²) in [6.45, 7) is 0. The molecule has 1 aromatic carbocycles. The molecule has 2 nitrogen and oxygen atoms in total. The summed E-state index contributed by atoms with van der Waals surface area (Å²) >= 11 is 5.95. The van der Waals surface area contributed by atoms with E-state index in [1.165, 1.54) is 11.3 Å². The summed E-state index contributed by atoms with van der Waals surface area (Å²) in [6.07, 6.45) is 0. The Balaban J connectivity index is 2.87. The average molecular weight is 227 g/mol. The van der Waals surface area contributed by atoms with Gasteiger partial charge in [0.25, 0.3) is 0 Å². The molecule has 15 heavy (non-hydrogen) atoms. The van der Waals surface area contributed by atoms with Gasteiger partial charge in [-0.15, -0.1) is 11.6 Å². The first kappa shape index (κ1) is 12.3. The minimum absolute atomic E-state index is 0.294. The van der Waals surface area contributed by atoms with Crippen LogP contribution in [0.25, 0.3) is 0 Å². The Kier molecular flexibility index (Phi) is 4.43. The molecule has 0 amide bonds. The van der Waals surface area contributed by atoms with Gasteiger partial charge in [-0.1, -0.05) is 12.1 Å². The molecular formula is C12H19ClN2. The van der Waals surface area contributed by atoms with Crippen molar-refractivity contribution in [2.75, 3.05) is 39.0 Å². The summed E-state index contributed by atoms with van der Waals surface area (Å²) in [4.78, 5) is 4.23. The highest BCUT2D eigenvalue weighted by Crippen LogP contribution is 2.22. The van der Waals surface area contributed by atoms with Gasteiger partial charge in [0.2, 0.25) is 0 Å². The molecule has 0 aromatic heterocycles. The second kappa shape index (κ2) is 5.38. The fourth-order valence-electron chi connectivity index (χ4n) is 1.52. The average Bonchev–Trinajstić information content (AvgIpc) is 2.19. The second-order valence-corrected chi connectivity index (χ2v) is 4.43. The van der Waals surface area contributed by atoms with Crippen LogP contribution in [0.4, 0.5) is 5.69 Å². The van der Waals surface area contributed by atoms with E-state index in [9.17, 15) is 0 Å². The third kappa shape index (κ3) is 3.11. The summed E-state index contributed by atoms with van der Waals surface area (Å²) < 4.78 is 0. The van der Waals surface area contributed by atoms with Crippen LogP contribution in [0.2, 0.25) is 0 Å². The van der Waals surface area contributed by atoms with Crippen LogP contribution in [0.1, 0.15) is 11.6 Å². The zero-order chi connectivity index (χ0) is 11.4. The maximum absolute atomic E-state index is 5.95. The zero-order valence-electron chi connectivity index (χ0n) is 9.87. The Labute approximate surface area is 97.4 Å². The first-order valence-corrected chi connectivity index (χ1v) is 5.59. The van der Waals surface area contributed by atoms with Crippen molar-refractivity contribution in [2.45, 2.75) is 6.04 Å². The predicted octanol–water partition coefficient (Wildman–Crippen LogP) is 2.59. The Morgan fingerprint density at radius 3 is 1.93 bits per heavy atom. The fraction of sp³-hybridized carbons (Fsp3) is 0.500. The molecule has 0 heterocycles. The summed E-state index contributed by atoms with van der Waals surface area (Å²) in [5.41, 5.74) is 2.48. The minimum Gasteiger partial charge on any atom is -0.378 e. The molecule has 1 unspecified atom stereocenters. The highest BCUT2D eigenvalue weighted by atomic mass is 35.5. The smallest absolute Gasteiger partial charge is 0.0477 e. The number of alkyl halides is 1. The van der Waals surface area contributed by atoms with Crippen molar-refractivity contribution >= 4 is 17.3 Å². The predicted molar refractivity (Wildman–Crippen MR) is 67.9 cm³/mol. The van der Waals surface area contributed by atoms with Gasteiger partial charge in [0, 0.05) is 31.7 Å². The lowest BCUT2D eigenvalue weighted by molar-refractivity contribution is 0.324. The van der Waals surface area contributed by atoms with Gasteiger partial charge in [-0.2, -0.15) is 0 Å². The van der Waals surface area contributed by atoms with E-state index in [4.69, 9.17) is 11.6 Å². The van der Waals surface area contributed by atoms with Crippen LogP contribution in [-0.4, -0.2) is 39.0 Å². The number of anilines is 1. The van der Waals surface area contributed by atoms with Gasteiger partial charge >= 0.3 is 0 Å². The standard InChI is InChI=1S/C12H19ClN2/c1-14(2)11-7-5-10(6-8-11)12(9-13)15(3)4/h5-8,12H,9H2,1-4H3. The number of nitrogens with zero attached hydrogens (tertiary/aromatic N) is 2. The maximum Gasteiger partial charge on any atom is 0.0477 e. The Bertz CT molecular complexity index is 293. The maximum atomic E-state index is 5.95. The van der Waals surface area contributed by atoms with Gasteiger partial charge in [-0.3, -0.25) is 0 Å². The molecular weight excluding hydrogens is 208 g/mol. The van der Waals surface area contributed by atoms with E-state index in [2.05, 4.69) is 34.1 Å². The van der Waals surface area contributed by atoms with Gasteiger partial charge in [-0.05, 0) is 31.8 Å². The van der Waals surface area contributed by atoms with E-state index in [1.807, 2.05) is 28.2 Å². The molecule has 0 aliphatic carbocycles. The third-order valence-electron chi connectivity index (χ3n) is 2.56. The topological polar surface area (TPSA) is 6.48 Å². The quantitative estimate of drug-likeness (QED) is 0.729. The zero-order valence-corrected chi connectivity index (χ0v) is 10.6. The Hall–Kier alpha value is -0.730. The van der Waals surface area contributed by atoms with E-state index in [-0.39, 0.29) is 0 Å². The van der Waals surface area contributed by atoms with Gasteiger partial charge in [0.05, 0.1) is 0 Å². The third-order valence-corrected chi connectivity index (χ3v) is 2.86. The summed E-state index contributed by atoms with van der Waals surface area (Å²) in [5.74, 6) is 0.619. The van der Waals surface area contributed by atoms with Crippen LogP contribution in [0.5, 0.6) is 0 Å². The van der Waals surface area contributed by atoms with Gasteiger partial charge in [0.15, 0.2) is 0 Å². The Morgan fingerprint density at radius 2 is 1.60 bits per heavy atom. The van der Waals surface area contributed by atoms with Crippen molar-refractivity contribution in [1.82, 2.24) is 4.90 Å². The van der Waals surface area contributed by atoms with Gasteiger partial charge in [-0.25, -0.2) is 0 Å². The number of benzene rings is 1. The lowest BCUT2D eigenvalue weighted by Gasteiger charge is -2.23. The molecule has 0 radical (unpaired) electrons. The lowest BCUT2D eigenvalue weighted by Crippen LogP contribution is -2.21. The van der Waals surface area contributed by atoms with E-state index >= 15 is 0 Å². The second-order valence-electron chi connectivity index (χ2n) is 4.12. The SMILES string of the molecule is CN(C)c1ccc(C(CCl)N(C)C)cc1. The summed E-state index contributed by atoms with van der Waals surface area (Å²) in [6, 6.07) is 8.82. The number of halogens is 1. The summed E-state index contributed by atoms with van der Waals surface area (Å²) in [5, 5.41) is 0. The van der Waals surface area contributed by atoms with Crippen molar-refractivity contribution < 1.29 is 0 Å². The van der Waals surface area contributed by atoms with Crippen LogP contribution < -0.4 is 4.90 Å². The molecule has 3 heteroatoms. The highest BCUT2D eigenvalue weighted by Gasteiger charge is 2.12. The number of rotatable bonds is 4. The van der Waals surface area contributed by atoms with Crippen molar-refractivity contribution in [1.29, 1.82) is 0 Å². The van der Waals surface area contributed by atoms with Crippen LogP contribution in [-0.2, 0) is 0 Å². The van der Waals surface area contributed by atoms with E-state index < -0.39 is 0 Å². The first-order chi connectivity index (χ1) is 7.06. The molecule has 0 aliphatic rings. The van der Waals surface area contributed by atoms with E-state index in [0.717, 1.165) is 0 Å². The molecule has 0 saturated carbocycles. The molecule has 0 spiro atoms. The molecule has 0 aliphatic heterocycles. The van der Waals surface area contributed by atoms with Gasteiger partial charge in [0.1, 0.15) is 0 Å². The molecule has 0 fully saturated rings. The van der Waals surface area contributed by atoms with E-state index in [1.54, 1.807) is 0 Å². The van der Waals surface area contributed by atoms with E-state index in [0.29, 0.717) is 11.9 Å². The minimum atomic E-state index is 0.294. The van der Waals surface area contributed by atoms with Crippen LogP contribution >= 0.6 is 11.6 Å². The number of hydrogen-bond donors (Lipinski definition) is 0. The van der Waals surface area contributed by atoms with Crippen molar-refractivity contribution in [3.05, 3.63) is 29.8 Å². The molecule has 0 saturated heterocycles. The van der Waals surface area contributed by atoms with Crippen molar-refractivity contribution in [3.8, 4) is 0 Å². The largest absolute Gasteiger partial charge is 0.378 e.